The van der Waals surface area contributed by atoms with Gasteiger partial charge in [-0.1, -0.05) is 0 Å². The van der Waals surface area contributed by atoms with Crippen molar-refractivity contribution in [2.45, 2.75) is 12.5 Å². The molecule has 0 aromatic rings. The van der Waals surface area contributed by atoms with Crippen LogP contribution in [-0.2, 0) is 4.79 Å². The van der Waals surface area contributed by atoms with Gasteiger partial charge in [0.1, 0.15) is 5.92 Å². The summed E-state index contributed by atoms with van der Waals surface area (Å²) < 4.78 is 0. The van der Waals surface area contributed by atoms with Crippen LogP contribution in [0.1, 0.15) is 6.42 Å². The van der Waals surface area contributed by atoms with E-state index in [2.05, 4.69) is 5.32 Å². The first-order valence-electron chi connectivity index (χ1n) is 4.83. The fourth-order valence-corrected chi connectivity index (χ4v) is 1.80. The van der Waals surface area contributed by atoms with E-state index in [4.69, 9.17) is 0 Å². The lowest BCUT2D eigenvalue weighted by Gasteiger charge is -2.27. The maximum Gasteiger partial charge on any atom is 0.232 e. The van der Waals surface area contributed by atoms with Crippen molar-refractivity contribution in [3.63, 3.8) is 0 Å². The second-order valence-electron chi connectivity index (χ2n) is 3.77. The van der Waals surface area contributed by atoms with Gasteiger partial charge in [0.25, 0.3) is 0 Å². The first-order valence-corrected chi connectivity index (χ1v) is 4.83. The zero-order valence-corrected chi connectivity index (χ0v) is 7.81. The lowest BCUT2D eigenvalue weighted by molar-refractivity contribution is -0.497. The Labute approximate surface area is 81.4 Å². The molecule has 2 aliphatic rings. The molecular weight excluding hydrogens is 186 g/mol. The highest BCUT2D eigenvalue weighted by atomic mass is 16.6. The van der Waals surface area contributed by atoms with Gasteiger partial charge in [0, 0.05) is 37.5 Å². The molecule has 6 nitrogen and oxygen atoms in total. The summed E-state index contributed by atoms with van der Waals surface area (Å²) in [5, 5.41) is 13.5. The Morgan fingerprint density at radius 1 is 1.43 bits per heavy atom. The Kier molecular flexibility index (Phi) is 2.37. The van der Waals surface area contributed by atoms with Crippen molar-refractivity contribution in [2.75, 3.05) is 26.2 Å². The molecule has 1 saturated carbocycles. The molecule has 2 rings (SSSR count). The van der Waals surface area contributed by atoms with Gasteiger partial charge in [-0.3, -0.25) is 14.9 Å². The molecule has 1 N–H and O–H groups in total. The number of rotatable bonds is 2. The fraction of sp³-hybridized carbons (Fsp3) is 0.875. The number of hydrogen-bond acceptors (Lipinski definition) is 4. The van der Waals surface area contributed by atoms with Gasteiger partial charge in [0.15, 0.2) is 0 Å². The quantitative estimate of drug-likeness (QED) is 0.461. The Hall–Kier alpha value is -1.17. The number of amides is 1. The van der Waals surface area contributed by atoms with Crippen LogP contribution in [0.25, 0.3) is 0 Å². The van der Waals surface area contributed by atoms with Crippen LogP contribution in [0.5, 0.6) is 0 Å². The van der Waals surface area contributed by atoms with E-state index in [9.17, 15) is 14.9 Å². The predicted octanol–water partition coefficient (Wildman–Crippen LogP) is -0.917. The van der Waals surface area contributed by atoms with Gasteiger partial charge in [-0.15, -0.1) is 0 Å². The highest BCUT2D eigenvalue weighted by molar-refractivity contribution is 5.82. The van der Waals surface area contributed by atoms with E-state index in [1.807, 2.05) is 0 Å². The molecule has 0 aromatic carbocycles. The van der Waals surface area contributed by atoms with Crippen molar-refractivity contribution in [2.24, 2.45) is 5.92 Å². The van der Waals surface area contributed by atoms with Gasteiger partial charge < -0.3 is 10.2 Å². The van der Waals surface area contributed by atoms with Gasteiger partial charge >= 0.3 is 0 Å². The predicted molar refractivity (Wildman–Crippen MR) is 48.3 cm³/mol. The van der Waals surface area contributed by atoms with Crippen molar-refractivity contribution in [3.05, 3.63) is 10.1 Å². The summed E-state index contributed by atoms with van der Waals surface area (Å²) in [6.45, 7) is 2.95. The summed E-state index contributed by atoms with van der Waals surface area (Å²) in [5.74, 6) is -0.378. The number of nitrogens with zero attached hydrogens (tertiary/aromatic N) is 2. The topological polar surface area (TPSA) is 75.5 Å². The number of nitro groups is 1. The van der Waals surface area contributed by atoms with Crippen LogP contribution in [0.15, 0.2) is 0 Å². The summed E-state index contributed by atoms with van der Waals surface area (Å²) in [7, 11) is 0. The van der Waals surface area contributed by atoms with Crippen molar-refractivity contribution < 1.29 is 9.72 Å². The molecule has 1 heterocycles. The molecule has 1 saturated heterocycles. The van der Waals surface area contributed by atoms with Crippen LogP contribution < -0.4 is 5.32 Å². The minimum atomic E-state index is -0.614. The average Bonchev–Trinajstić information content (AvgIpc) is 2.97. The Bertz CT molecular complexity index is 263. The lowest BCUT2D eigenvalue weighted by atomic mass is 10.3. The first-order chi connectivity index (χ1) is 6.70. The smallest absolute Gasteiger partial charge is 0.232 e. The monoisotopic (exact) mass is 199 g/mol. The molecule has 1 aliphatic heterocycles. The average molecular weight is 199 g/mol. The first kappa shape index (κ1) is 9.39. The lowest BCUT2D eigenvalue weighted by Crippen LogP contribution is -2.47. The largest absolute Gasteiger partial charge is 0.340 e. The van der Waals surface area contributed by atoms with E-state index in [1.165, 1.54) is 0 Å². The van der Waals surface area contributed by atoms with Crippen molar-refractivity contribution >= 4 is 5.91 Å². The number of piperazine rings is 1. The molecule has 1 amide bonds. The van der Waals surface area contributed by atoms with E-state index in [0.29, 0.717) is 19.5 Å². The second-order valence-corrected chi connectivity index (χ2v) is 3.77. The molecular formula is C8H13N3O3. The third-order valence-corrected chi connectivity index (χ3v) is 2.77. The van der Waals surface area contributed by atoms with Crippen LogP contribution in [0.3, 0.4) is 0 Å². The Morgan fingerprint density at radius 3 is 2.57 bits per heavy atom. The SMILES string of the molecule is O=C(C1CC1[N+](=O)[O-])N1CCNCC1. The summed E-state index contributed by atoms with van der Waals surface area (Å²) in [4.78, 5) is 23.4. The maximum absolute atomic E-state index is 11.7. The molecule has 78 valence electrons. The normalized spacial score (nSPS) is 31.3. The van der Waals surface area contributed by atoms with Crippen LogP contribution in [0.4, 0.5) is 0 Å². The molecule has 14 heavy (non-hydrogen) atoms. The third-order valence-electron chi connectivity index (χ3n) is 2.77. The van der Waals surface area contributed by atoms with E-state index in [1.54, 1.807) is 4.90 Å². The van der Waals surface area contributed by atoms with Crippen LogP contribution in [0.2, 0.25) is 0 Å². The van der Waals surface area contributed by atoms with Crippen LogP contribution in [0, 0.1) is 16.0 Å². The number of hydrogen-bond donors (Lipinski definition) is 1. The van der Waals surface area contributed by atoms with E-state index < -0.39 is 6.04 Å². The van der Waals surface area contributed by atoms with Gasteiger partial charge in [0.2, 0.25) is 11.9 Å². The number of nitrogens with one attached hydrogen (secondary N) is 1. The standard InChI is InChI=1S/C8H13N3O3/c12-8(6-5-7(6)11(13)14)10-3-1-9-2-4-10/h6-7,9H,1-5H2. The molecule has 0 spiro atoms. The van der Waals surface area contributed by atoms with Crippen molar-refractivity contribution in [3.8, 4) is 0 Å². The molecule has 2 atom stereocenters. The van der Waals surface area contributed by atoms with Gasteiger partial charge in [0.05, 0.1) is 0 Å². The van der Waals surface area contributed by atoms with Crippen LogP contribution in [-0.4, -0.2) is 48.0 Å². The highest BCUT2D eigenvalue weighted by Crippen LogP contribution is 2.34. The van der Waals surface area contributed by atoms with Crippen LogP contribution >= 0.6 is 0 Å². The molecule has 6 heteroatoms. The summed E-state index contributed by atoms with van der Waals surface area (Å²) >= 11 is 0. The van der Waals surface area contributed by atoms with E-state index in [-0.39, 0.29) is 16.7 Å². The number of carbonyl (C=O) groups excluding carboxylic acids is 1. The Morgan fingerprint density at radius 2 is 2.07 bits per heavy atom. The summed E-state index contributed by atoms with van der Waals surface area (Å²) in [6.07, 6.45) is 0.426. The zero-order valence-electron chi connectivity index (χ0n) is 7.81. The minimum absolute atomic E-state index is 0.0341. The minimum Gasteiger partial charge on any atom is -0.340 e. The zero-order chi connectivity index (χ0) is 10.1. The molecule has 2 fully saturated rings. The van der Waals surface area contributed by atoms with E-state index in [0.717, 1.165) is 13.1 Å². The summed E-state index contributed by atoms with van der Waals surface area (Å²) in [5.41, 5.74) is 0. The fourth-order valence-electron chi connectivity index (χ4n) is 1.80. The van der Waals surface area contributed by atoms with Gasteiger partial charge in [-0.05, 0) is 0 Å². The van der Waals surface area contributed by atoms with Gasteiger partial charge in [-0.25, -0.2) is 0 Å². The summed E-state index contributed by atoms with van der Waals surface area (Å²) in [6, 6.07) is -0.614. The molecule has 1 aliphatic carbocycles. The second kappa shape index (κ2) is 3.53. The van der Waals surface area contributed by atoms with Crippen molar-refractivity contribution in [1.82, 2.24) is 10.2 Å². The van der Waals surface area contributed by atoms with E-state index >= 15 is 0 Å². The number of carbonyl (C=O) groups is 1. The van der Waals surface area contributed by atoms with Gasteiger partial charge in [-0.2, -0.15) is 0 Å². The maximum atomic E-state index is 11.7. The molecule has 0 radical (unpaired) electrons. The van der Waals surface area contributed by atoms with Crippen molar-refractivity contribution in [1.29, 1.82) is 0 Å². The molecule has 0 bridgehead atoms. The Balaban J connectivity index is 1.87. The third kappa shape index (κ3) is 1.70. The molecule has 0 aromatic heterocycles. The highest BCUT2D eigenvalue weighted by Gasteiger charge is 2.54. The molecule has 2 unspecified atom stereocenters.